The van der Waals surface area contributed by atoms with Crippen LogP contribution in [0.3, 0.4) is 0 Å². The molecule has 0 saturated carbocycles. The molecule has 2 amide bonds. The van der Waals surface area contributed by atoms with Crippen molar-refractivity contribution in [2.45, 2.75) is 38.6 Å². The minimum Gasteiger partial charge on any atom is -0.383 e. The number of imidazole rings is 1. The number of ether oxygens (including phenoxy) is 1. The molecular weight excluding hydrogens is 368 g/mol. The van der Waals surface area contributed by atoms with E-state index in [2.05, 4.69) is 16.4 Å². The molecule has 2 heterocycles. The average molecular weight is 396 g/mol. The summed E-state index contributed by atoms with van der Waals surface area (Å²) in [5.41, 5.74) is 2.19. The van der Waals surface area contributed by atoms with Crippen LogP contribution in [0.5, 0.6) is 0 Å². The molecule has 1 aliphatic heterocycles. The number of nitrogens with one attached hydrogen (secondary N) is 1. The Balaban J connectivity index is 1.55. The number of rotatable bonds is 6. The normalized spacial score (nSPS) is 21.8. The summed E-state index contributed by atoms with van der Waals surface area (Å²) >= 11 is 0. The molecule has 7 heteroatoms. The van der Waals surface area contributed by atoms with E-state index in [0.29, 0.717) is 32.5 Å². The van der Waals surface area contributed by atoms with E-state index in [0.717, 1.165) is 41.8 Å². The van der Waals surface area contributed by atoms with Gasteiger partial charge in [-0.2, -0.15) is 0 Å². The SMILES string of the molecule is COCCN1C(=O)CCC2(C(=O)NCc3nc4ccccc4n3C)CCCC=C12. The molecule has 1 fully saturated rings. The van der Waals surface area contributed by atoms with Gasteiger partial charge in [0.05, 0.1) is 29.6 Å². The first-order chi connectivity index (χ1) is 14.1. The van der Waals surface area contributed by atoms with E-state index in [-0.39, 0.29) is 11.8 Å². The smallest absolute Gasteiger partial charge is 0.232 e. The fraction of sp³-hybridized carbons (Fsp3) is 0.500. The Morgan fingerprint density at radius 2 is 2.14 bits per heavy atom. The van der Waals surface area contributed by atoms with Gasteiger partial charge in [-0.25, -0.2) is 4.98 Å². The van der Waals surface area contributed by atoms with Gasteiger partial charge >= 0.3 is 0 Å². The molecule has 2 aromatic rings. The number of carbonyl (C=O) groups excluding carboxylic acids is 2. The number of methoxy groups -OCH3 is 1. The van der Waals surface area contributed by atoms with Gasteiger partial charge in [-0.15, -0.1) is 0 Å². The van der Waals surface area contributed by atoms with Crippen LogP contribution < -0.4 is 5.32 Å². The van der Waals surface area contributed by atoms with Gasteiger partial charge in [0.2, 0.25) is 11.8 Å². The van der Waals surface area contributed by atoms with Crippen LogP contribution in [0.2, 0.25) is 0 Å². The number of aryl methyl sites for hydroxylation is 1. The molecule has 0 spiro atoms. The summed E-state index contributed by atoms with van der Waals surface area (Å²) in [6, 6.07) is 7.94. The summed E-state index contributed by atoms with van der Waals surface area (Å²) in [6.07, 6.45) is 5.65. The molecule has 1 atom stereocenters. The largest absolute Gasteiger partial charge is 0.383 e. The summed E-state index contributed by atoms with van der Waals surface area (Å²) in [5, 5.41) is 3.12. The minimum atomic E-state index is -0.634. The van der Waals surface area contributed by atoms with Gasteiger partial charge in [-0.05, 0) is 37.8 Å². The maximum absolute atomic E-state index is 13.4. The third kappa shape index (κ3) is 3.44. The van der Waals surface area contributed by atoms with E-state index >= 15 is 0 Å². The number of hydrogen-bond acceptors (Lipinski definition) is 4. The number of amides is 2. The Kier molecular flexibility index (Phi) is 5.41. The molecule has 1 saturated heterocycles. The van der Waals surface area contributed by atoms with Crippen LogP contribution in [0.4, 0.5) is 0 Å². The predicted octanol–water partition coefficient (Wildman–Crippen LogP) is 2.51. The molecule has 7 nitrogen and oxygen atoms in total. The van der Waals surface area contributed by atoms with Crippen molar-refractivity contribution in [1.29, 1.82) is 0 Å². The van der Waals surface area contributed by atoms with Crippen molar-refractivity contribution >= 4 is 22.8 Å². The number of hydrogen-bond donors (Lipinski definition) is 1. The second kappa shape index (κ2) is 7.99. The van der Waals surface area contributed by atoms with Gasteiger partial charge in [0.15, 0.2) is 0 Å². The van der Waals surface area contributed by atoms with Crippen LogP contribution >= 0.6 is 0 Å². The van der Waals surface area contributed by atoms with Crippen LogP contribution in [0.1, 0.15) is 37.9 Å². The molecule has 1 aromatic carbocycles. The second-order valence-electron chi connectivity index (χ2n) is 7.86. The number of carbonyl (C=O) groups is 2. The molecule has 0 bridgehead atoms. The van der Waals surface area contributed by atoms with Crippen LogP contribution in [0, 0.1) is 5.41 Å². The number of allylic oxidation sites excluding steroid dienone is 1. The lowest BCUT2D eigenvalue weighted by Gasteiger charge is -2.45. The quantitative estimate of drug-likeness (QED) is 0.814. The van der Waals surface area contributed by atoms with E-state index in [9.17, 15) is 9.59 Å². The van der Waals surface area contributed by atoms with E-state index in [1.165, 1.54) is 0 Å². The first-order valence-electron chi connectivity index (χ1n) is 10.3. The van der Waals surface area contributed by atoms with Crippen molar-refractivity contribution in [2.24, 2.45) is 12.5 Å². The highest BCUT2D eigenvalue weighted by atomic mass is 16.5. The number of nitrogens with zero attached hydrogens (tertiary/aromatic N) is 3. The molecule has 1 N–H and O–H groups in total. The number of likely N-dealkylation sites (tertiary alicyclic amines) is 1. The fourth-order valence-electron chi connectivity index (χ4n) is 4.63. The monoisotopic (exact) mass is 396 g/mol. The third-order valence-electron chi connectivity index (χ3n) is 6.23. The molecule has 4 rings (SSSR count). The zero-order valence-corrected chi connectivity index (χ0v) is 17.1. The van der Waals surface area contributed by atoms with Crippen LogP contribution in [0.15, 0.2) is 36.0 Å². The number of aromatic nitrogens is 2. The first-order valence-corrected chi connectivity index (χ1v) is 10.3. The lowest BCUT2D eigenvalue weighted by molar-refractivity contribution is -0.141. The van der Waals surface area contributed by atoms with Crippen molar-refractivity contribution in [1.82, 2.24) is 19.8 Å². The van der Waals surface area contributed by atoms with Gasteiger partial charge in [0.1, 0.15) is 5.82 Å². The fourth-order valence-corrected chi connectivity index (χ4v) is 4.63. The average Bonchev–Trinajstić information content (AvgIpc) is 3.07. The predicted molar refractivity (Wildman–Crippen MR) is 110 cm³/mol. The van der Waals surface area contributed by atoms with Gasteiger partial charge in [-0.1, -0.05) is 18.2 Å². The van der Waals surface area contributed by atoms with Gasteiger partial charge in [-0.3, -0.25) is 9.59 Å². The van der Waals surface area contributed by atoms with E-state index in [1.807, 2.05) is 35.9 Å². The summed E-state index contributed by atoms with van der Waals surface area (Å²) in [6.45, 7) is 1.31. The Bertz CT molecular complexity index is 964. The molecule has 1 aromatic heterocycles. The number of piperidine rings is 1. The molecule has 29 heavy (non-hydrogen) atoms. The zero-order valence-electron chi connectivity index (χ0n) is 17.1. The minimum absolute atomic E-state index is 0.00887. The molecule has 1 unspecified atom stereocenters. The van der Waals surface area contributed by atoms with E-state index < -0.39 is 5.41 Å². The molecule has 2 aliphatic rings. The van der Waals surface area contributed by atoms with Crippen molar-refractivity contribution in [3.8, 4) is 0 Å². The van der Waals surface area contributed by atoms with Crippen molar-refractivity contribution < 1.29 is 14.3 Å². The highest BCUT2D eigenvalue weighted by Gasteiger charge is 2.49. The van der Waals surface area contributed by atoms with Crippen molar-refractivity contribution in [3.05, 3.63) is 41.9 Å². The summed E-state index contributed by atoms with van der Waals surface area (Å²) < 4.78 is 7.19. The van der Waals surface area contributed by atoms with Gasteiger partial charge in [0, 0.05) is 32.8 Å². The van der Waals surface area contributed by atoms with E-state index in [4.69, 9.17) is 4.74 Å². The second-order valence-corrected chi connectivity index (χ2v) is 7.86. The maximum atomic E-state index is 13.4. The van der Waals surface area contributed by atoms with Gasteiger partial charge in [0.25, 0.3) is 0 Å². The number of benzene rings is 1. The number of para-hydroxylation sites is 2. The number of fused-ring (bicyclic) bond motifs is 2. The van der Waals surface area contributed by atoms with Crippen LogP contribution in [-0.2, 0) is 27.9 Å². The van der Waals surface area contributed by atoms with E-state index in [1.54, 1.807) is 12.0 Å². The lowest BCUT2D eigenvalue weighted by atomic mass is 9.69. The topological polar surface area (TPSA) is 76.5 Å². The molecule has 154 valence electrons. The summed E-state index contributed by atoms with van der Waals surface area (Å²) in [5.74, 6) is 0.889. The molecular formula is C22H28N4O3. The molecule has 0 radical (unpaired) electrons. The molecule has 1 aliphatic carbocycles. The lowest BCUT2D eigenvalue weighted by Crippen LogP contribution is -2.53. The Hall–Kier alpha value is -2.67. The van der Waals surface area contributed by atoms with Crippen LogP contribution in [0.25, 0.3) is 11.0 Å². The Morgan fingerprint density at radius 3 is 2.93 bits per heavy atom. The highest BCUT2D eigenvalue weighted by Crippen LogP contribution is 2.46. The third-order valence-corrected chi connectivity index (χ3v) is 6.23. The Morgan fingerprint density at radius 1 is 1.31 bits per heavy atom. The van der Waals surface area contributed by atoms with Crippen molar-refractivity contribution in [3.63, 3.8) is 0 Å². The van der Waals surface area contributed by atoms with Crippen molar-refractivity contribution in [2.75, 3.05) is 20.3 Å². The van der Waals surface area contributed by atoms with Gasteiger partial charge < -0.3 is 19.5 Å². The summed E-state index contributed by atoms with van der Waals surface area (Å²) in [4.78, 5) is 32.4. The summed E-state index contributed by atoms with van der Waals surface area (Å²) in [7, 11) is 3.59. The van der Waals surface area contributed by atoms with Crippen LogP contribution in [-0.4, -0.2) is 46.5 Å². The first kappa shape index (κ1) is 19.6. The zero-order chi connectivity index (χ0) is 20.4. The standard InChI is InChI=1S/C22H28N4O3/c1-25-17-8-4-3-7-16(17)24-19(25)15-23-21(28)22-11-6-5-9-18(22)26(13-14-29-2)20(27)10-12-22/h3-4,7-9H,5-6,10-15H2,1-2H3,(H,23,28). The maximum Gasteiger partial charge on any atom is 0.232 e. The Labute approximate surface area is 170 Å². The highest BCUT2D eigenvalue weighted by molar-refractivity contribution is 5.91.